The van der Waals surface area contributed by atoms with E-state index in [-0.39, 0.29) is 6.10 Å². The van der Waals surface area contributed by atoms with Crippen LogP contribution in [-0.2, 0) is 0 Å². The van der Waals surface area contributed by atoms with Gasteiger partial charge in [-0.15, -0.1) is 0 Å². The molecule has 0 aromatic carbocycles. The summed E-state index contributed by atoms with van der Waals surface area (Å²) in [6.45, 7) is 0. The molecule has 0 amide bonds. The third-order valence-electron chi connectivity index (χ3n) is 1.87. The maximum atomic E-state index is 9.46. The van der Waals surface area contributed by atoms with Crippen molar-refractivity contribution in [1.29, 1.82) is 0 Å². The molecule has 1 fully saturated rings. The number of aliphatic hydroxyl groups excluding tert-OH is 1. The molecule has 0 saturated heterocycles. The van der Waals surface area contributed by atoms with Gasteiger partial charge in [0.15, 0.2) is 0 Å². The monoisotopic (exact) mass is 138 g/mol. The minimum absolute atomic E-state index is 0.352. The van der Waals surface area contributed by atoms with Gasteiger partial charge in [-0.2, -0.15) is 0 Å². The Hall–Kier alpha value is -0.830. The fourth-order valence-corrected chi connectivity index (χ4v) is 1.07. The van der Waals surface area contributed by atoms with E-state index in [0.29, 0.717) is 11.7 Å². The molecule has 0 radical (unpaired) electrons. The molecule has 1 aromatic rings. The lowest BCUT2D eigenvalue weighted by Gasteiger charge is -2.02. The van der Waals surface area contributed by atoms with Crippen LogP contribution in [0.15, 0.2) is 12.4 Å². The number of aromatic amines is 1. The van der Waals surface area contributed by atoms with Gasteiger partial charge in [0.05, 0.1) is 0 Å². The van der Waals surface area contributed by atoms with E-state index in [2.05, 4.69) is 9.97 Å². The zero-order valence-corrected chi connectivity index (χ0v) is 5.62. The van der Waals surface area contributed by atoms with Gasteiger partial charge in [0.2, 0.25) is 0 Å². The topological polar surface area (TPSA) is 48.9 Å². The summed E-state index contributed by atoms with van der Waals surface area (Å²) in [4.78, 5) is 6.87. The third kappa shape index (κ3) is 0.926. The van der Waals surface area contributed by atoms with Gasteiger partial charge in [-0.05, 0) is 18.8 Å². The summed E-state index contributed by atoms with van der Waals surface area (Å²) in [5.41, 5.74) is 0. The number of rotatable bonds is 2. The summed E-state index contributed by atoms with van der Waals surface area (Å²) < 4.78 is 0. The highest BCUT2D eigenvalue weighted by Gasteiger charge is 2.31. The van der Waals surface area contributed by atoms with Crippen LogP contribution in [0.25, 0.3) is 0 Å². The van der Waals surface area contributed by atoms with Crippen LogP contribution in [-0.4, -0.2) is 15.1 Å². The quantitative estimate of drug-likeness (QED) is 0.636. The first-order chi connectivity index (χ1) is 4.88. The molecule has 10 heavy (non-hydrogen) atoms. The van der Waals surface area contributed by atoms with Gasteiger partial charge < -0.3 is 10.1 Å². The van der Waals surface area contributed by atoms with Crippen molar-refractivity contribution in [3.63, 3.8) is 0 Å². The molecule has 0 bridgehead atoms. The summed E-state index contributed by atoms with van der Waals surface area (Å²) in [6, 6.07) is 0. The van der Waals surface area contributed by atoms with Crippen LogP contribution in [0, 0.1) is 5.92 Å². The van der Waals surface area contributed by atoms with Crippen LogP contribution in [0.1, 0.15) is 24.8 Å². The summed E-state index contributed by atoms with van der Waals surface area (Å²) in [6.07, 6.45) is 5.33. The molecule has 3 heteroatoms. The van der Waals surface area contributed by atoms with Crippen molar-refractivity contribution in [2.75, 3.05) is 0 Å². The van der Waals surface area contributed by atoms with Crippen LogP contribution in [0.4, 0.5) is 0 Å². The number of H-pyrrole nitrogens is 1. The van der Waals surface area contributed by atoms with E-state index >= 15 is 0 Å². The largest absolute Gasteiger partial charge is 0.385 e. The molecule has 1 saturated carbocycles. The minimum atomic E-state index is -0.352. The van der Waals surface area contributed by atoms with E-state index in [1.54, 1.807) is 12.4 Å². The second-order valence-electron chi connectivity index (χ2n) is 2.76. The smallest absolute Gasteiger partial charge is 0.135 e. The normalized spacial score (nSPS) is 20.9. The molecule has 0 aliphatic heterocycles. The number of nitrogens with zero attached hydrogens (tertiary/aromatic N) is 1. The Morgan fingerprint density at radius 1 is 1.70 bits per heavy atom. The van der Waals surface area contributed by atoms with Gasteiger partial charge in [0.25, 0.3) is 0 Å². The Morgan fingerprint density at radius 2 is 2.50 bits per heavy atom. The molecule has 1 unspecified atom stereocenters. The predicted molar refractivity (Wildman–Crippen MR) is 36.3 cm³/mol. The second kappa shape index (κ2) is 2.09. The molecule has 1 aromatic heterocycles. The summed E-state index contributed by atoms with van der Waals surface area (Å²) in [5.74, 6) is 1.17. The molecule has 1 aliphatic rings. The van der Waals surface area contributed by atoms with Crippen LogP contribution in [0.5, 0.6) is 0 Å². The summed E-state index contributed by atoms with van der Waals surface area (Å²) in [5, 5.41) is 9.46. The molecular weight excluding hydrogens is 128 g/mol. The maximum absolute atomic E-state index is 9.46. The highest BCUT2D eigenvalue weighted by molar-refractivity contribution is 4.98. The van der Waals surface area contributed by atoms with Gasteiger partial charge in [0, 0.05) is 12.4 Å². The SMILES string of the molecule is OC(c1ncc[nH]1)C1CC1. The Balaban J connectivity index is 2.11. The number of hydrogen-bond acceptors (Lipinski definition) is 2. The minimum Gasteiger partial charge on any atom is -0.385 e. The van der Waals surface area contributed by atoms with Crippen molar-refractivity contribution in [3.05, 3.63) is 18.2 Å². The Kier molecular flexibility index (Phi) is 1.24. The van der Waals surface area contributed by atoms with Gasteiger partial charge >= 0.3 is 0 Å². The first-order valence-corrected chi connectivity index (χ1v) is 3.55. The molecule has 1 heterocycles. The number of nitrogens with one attached hydrogen (secondary N) is 1. The average Bonchev–Trinajstić information content (AvgIpc) is 2.65. The molecule has 2 rings (SSSR count). The third-order valence-corrected chi connectivity index (χ3v) is 1.87. The van der Waals surface area contributed by atoms with Crippen molar-refractivity contribution in [2.24, 2.45) is 5.92 Å². The first-order valence-electron chi connectivity index (χ1n) is 3.55. The average molecular weight is 138 g/mol. The lowest BCUT2D eigenvalue weighted by atomic mass is 10.2. The highest BCUT2D eigenvalue weighted by Crippen LogP contribution is 2.39. The Labute approximate surface area is 59.1 Å². The number of aliphatic hydroxyl groups is 1. The van der Waals surface area contributed by atoms with Crippen molar-refractivity contribution >= 4 is 0 Å². The number of imidazole rings is 1. The van der Waals surface area contributed by atoms with E-state index in [4.69, 9.17) is 0 Å². The molecular formula is C7H10N2O. The molecule has 1 atom stereocenters. The van der Waals surface area contributed by atoms with Gasteiger partial charge in [-0.3, -0.25) is 0 Å². The van der Waals surface area contributed by atoms with Crippen LogP contribution >= 0.6 is 0 Å². The standard InChI is InChI=1S/C7H10N2O/c10-6(5-1-2-5)7-8-3-4-9-7/h3-6,10H,1-2H2,(H,8,9). The van der Waals surface area contributed by atoms with Crippen LogP contribution < -0.4 is 0 Å². The van der Waals surface area contributed by atoms with Crippen LogP contribution in [0.3, 0.4) is 0 Å². The highest BCUT2D eigenvalue weighted by atomic mass is 16.3. The fraction of sp³-hybridized carbons (Fsp3) is 0.571. The molecule has 1 aliphatic carbocycles. The van der Waals surface area contributed by atoms with E-state index in [1.165, 1.54) is 0 Å². The van der Waals surface area contributed by atoms with Gasteiger partial charge in [-0.1, -0.05) is 0 Å². The van der Waals surface area contributed by atoms with E-state index in [9.17, 15) is 5.11 Å². The van der Waals surface area contributed by atoms with E-state index < -0.39 is 0 Å². The van der Waals surface area contributed by atoms with E-state index in [0.717, 1.165) is 12.8 Å². The van der Waals surface area contributed by atoms with Crippen LogP contribution in [0.2, 0.25) is 0 Å². The van der Waals surface area contributed by atoms with Crippen molar-refractivity contribution < 1.29 is 5.11 Å². The fourth-order valence-electron chi connectivity index (χ4n) is 1.07. The second-order valence-corrected chi connectivity index (χ2v) is 2.76. The maximum Gasteiger partial charge on any atom is 0.135 e. The predicted octanol–water partition coefficient (Wildman–Crippen LogP) is 0.853. The zero-order chi connectivity index (χ0) is 6.97. The van der Waals surface area contributed by atoms with Crippen molar-refractivity contribution in [1.82, 2.24) is 9.97 Å². The molecule has 3 nitrogen and oxygen atoms in total. The molecule has 54 valence electrons. The Morgan fingerprint density at radius 3 is 3.00 bits per heavy atom. The van der Waals surface area contributed by atoms with Crippen molar-refractivity contribution in [2.45, 2.75) is 18.9 Å². The lowest BCUT2D eigenvalue weighted by Crippen LogP contribution is -2.01. The summed E-state index contributed by atoms with van der Waals surface area (Å²) in [7, 11) is 0. The number of aromatic nitrogens is 2. The first kappa shape index (κ1) is 5.92. The van der Waals surface area contributed by atoms with E-state index in [1.807, 2.05) is 0 Å². The molecule has 0 spiro atoms. The molecule has 2 N–H and O–H groups in total. The zero-order valence-electron chi connectivity index (χ0n) is 5.62. The van der Waals surface area contributed by atoms with Crippen molar-refractivity contribution in [3.8, 4) is 0 Å². The Bertz CT molecular complexity index is 203. The summed E-state index contributed by atoms with van der Waals surface area (Å²) >= 11 is 0. The van der Waals surface area contributed by atoms with Gasteiger partial charge in [-0.25, -0.2) is 4.98 Å². The van der Waals surface area contributed by atoms with Gasteiger partial charge in [0.1, 0.15) is 11.9 Å². The lowest BCUT2D eigenvalue weighted by molar-refractivity contribution is 0.145. The number of hydrogen-bond donors (Lipinski definition) is 2.